The van der Waals surface area contributed by atoms with Gasteiger partial charge in [-0.15, -0.1) is 0 Å². The number of hydrogen-bond donors (Lipinski definition) is 1. The number of benzene rings is 2. The van der Waals surface area contributed by atoms with Crippen LogP contribution in [-0.4, -0.2) is 12.3 Å². The summed E-state index contributed by atoms with van der Waals surface area (Å²) in [5.74, 6) is 0.395. The Hall–Kier alpha value is -3.01. The van der Waals surface area contributed by atoms with Crippen LogP contribution in [0.15, 0.2) is 69.7 Å². The van der Waals surface area contributed by atoms with Gasteiger partial charge in [-0.3, -0.25) is 4.79 Å². The minimum atomic E-state index is -0.00712. The first-order chi connectivity index (χ1) is 11.3. The highest BCUT2D eigenvalue weighted by Gasteiger charge is 2.09. The Bertz CT molecular complexity index is 967. The molecule has 23 heavy (non-hydrogen) atoms. The van der Waals surface area contributed by atoms with Crippen molar-refractivity contribution in [3.05, 3.63) is 66.6 Å². The first-order valence-corrected chi connectivity index (χ1v) is 7.53. The molecule has 4 heteroatoms. The van der Waals surface area contributed by atoms with E-state index in [9.17, 15) is 4.79 Å². The number of carbonyl (C=O) groups is 1. The number of anilines is 1. The van der Waals surface area contributed by atoms with E-state index in [-0.39, 0.29) is 5.78 Å². The normalized spacial score (nSPS) is 11.1. The molecule has 0 saturated heterocycles. The monoisotopic (exact) mass is 305 g/mol. The molecule has 4 rings (SSSR count). The molecular weight excluding hydrogens is 290 g/mol. The summed E-state index contributed by atoms with van der Waals surface area (Å²) in [6, 6.07) is 17.4. The summed E-state index contributed by atoms with van der Waals surface area (Å²) in [7, 11) is 0. The van der Waals surface area contributed by atoms with E-state index in [4.69, 9.17) is 8.83 Å². The number of Topliss-reactive ketones (excluding diaryl/α,β-unsaturated/α-hetero) is 1. The van der Waals surface area contributed by atoms with Gasteiger partial charge >= 0.3 is 0 Å². The lowest BCUT2D eigenvalue weighted by Crippen LogP contribution is -2.08. The van der Waals surface area contributed by atoms with Crippen molar-refractivity contribution in [1.29, 1.82) is 0 Å². The van der Waals surface area contributed by atoms with E-state index in [1.165, 1.54) is 6.26 Å². The second kappa shape index (κ2) is 5.65. The van der Waals surface area contributed by atoms with Gasteiger partial charge in [-0.25, -0.2) is 0 Å². The zero-order valence-corrected chi connectivity index (χ0v) is 12.4. The lowest BCUT2D eigenvalue weighted by molar-refractivity contribution is 0.0960. The van der Waals surface area contributed by atoms with Gasteiger partial charge in [-0.2, -0.15) is 0 Å². The Balaban J connectivity index is 1.49. The van der Waals surface area contributed by atoms with Crippen molar-refractivity contribution in [2.45, 2.75) is 6.42 Å². The second-order valence-electron chi connectivity index (χ2n) is 5.39. The van der Waals surface area contributed by atoms with E-state index in [1.807, 2.05) is 36.4 Å². The maximum atomic E-state index is 11.9. The summed E-state index contributed by atoms with van der Waals surface area (Å²) in [5, 5.41) is 5.46. The highest BCUT2D eigenvalue weighted by atomic mass is 16.3. The van der Waals surface area contributed by atoms with Crippen molar-refractivity contribution in [1.82, 2.24) is 0 Å². The third-order valence-electron chi connectivity index (χ3n) is 3.86. The van der Waals surface area contributed by atoms with Gasteiger partial charge in [0.05, 0.1) is 6.26 Å². The zero-order valence-electron chi connectivity index (χ0n) is 12.4. The van der Waals surface area contributed by atoms with Gasteiger partial charge in [-0.05, 0) is 30.3 Å². The molecule has 0 amide bonds. The van der Waals surface area contributed by atoms with Crippen LogP contribution in [0, 0.1) is 0 Å². The Morgan fingerprint density at radius 3 is 2.70 bits per heavy atom. The summed E-state index contributed by atoms with van der Waals surface area (Å²) in [5.41, 5.74) is 2.66. The van der Waals surface area contributed by atoms with Gasteiger partial charge in [0.2, 0.25) is 0 Å². The molecule has 0 fully saturated rings. The molecule has 1 N–H and O–H groups in total. The summed E-state index contributed by atoms with van der Waals surface area (Å²) in [4.78, 5) is 11.9. The van der Waals surface area contributed by atoms with E-state index >= 15 is 0 Å². The first-order valence-electron chi connectivity index (χ1n) is 7.53. The van der Waals surface area contributed by atoms with Crippen LogP contribution in [-0.2, 0) is 0 Å². The Morgan fingerprint density at radius 2 is 1.83 bits per heavy atom. The van der Waals surface area contributed by atoms with E-state index in [1.54, 1.807) is 12.1 Å². The third kappa shape index (κ3) is 2.59. The molecule has 2 heterocycles. The maximum Gasteiger partial charge on any atom is 0.199 e. The van der Waals surface area contributed by atoms with Crippen LogP contribution in [0.25, 0.3) is 21.9 Å². The molecule has 0 aliphatic heterocycles. The van der Waals surface area contributed by atoms with Gasteiger partial charge in [0.25, 0.3) is 0 Å². The zero-order chi connectivity index (χ0) is 15.6. The lowest BCUT2D eigenvalue weighted by Gasteiger charge is -2.05. The number of rotatable bonds is 5. The van der Waals surface area contributed by atoms with Crippen molar-refractivity contribution in [3.63, 3.8) is 0 Å². The fourth-order valence-corrected chi connectivity index (χ4v) is 2.72. The minimum Gasteiger partial charge on any atom is -0.461 e. The van der Waals surface area contributed by atoms with E-state index in [2.05, 4.69) is 11.4 Å². The fourth-order valence-electron chi connectivity index (χ4n) is 2.72. The topological polar surface area (TPSA) is 55.4 Å². The van der Waals surface area contributed by atoms with E-state index in [0.29, 0.717) is 18.7 Å². The summed E-state index contributed by atoms with van der Waals surface area (Å²) < 4.78 is 11.0. The fraction of sp³-hybridized carbons (Fsp3) is 0.105. The number of ketones is 1. The summed E-state index contributed by atoms with van der Waals surface area (Å²) in [6.45, 7) is 0.547. The molecular formula is C19H15NO3. The third-order valence-corrected chi connectivity index (χ3v) is 3.86. The molecule has 0 saturated carbocycles. The predicted molar refractivity (Wildman–Crippen MR) is 89.9 cm³/mol. The smallest absolute Gasteiger partial charge is 0.199 e. The van der Waals surface area contributed by atoms with Crippen LogP contribution < -0.4 is 5.32 Å². The average molecular weight is 305 g/mol. The quantitative estimate of drug-likeness (QED) is 0.535. The number of carbonyl (C=O) groups excluding carboxylic acids is 1. The second-order valence-corrected chi connectivity index (χ2v) is 5.39. The lowest BCUT2D eigenvalue weighted by atomic mass is 10.1. The largest absolute Gasteiger partial charge is 0.461 e. The van der Waals surface area contributed by atoms with Crippen molar-refractivity contribution in [2.75, 3.05) is 11.9 Å². The molecule has 0 unspecified atom stereocenters. The molecule has 0 aliphatic rings. The van der Waals surface area contributed by atoms with Crippen molar-refractivity contribution < 1.29 is 13.6 Å². The van der Waals surface area contributed by atoms with E-state index in [0.717, 1.165) is 27.6 Å². The van der Waals surface area contributed by atoms with Crippen LogP contribution >= 0.6 is 0 Å². The Morgan fingerprint density at radius 1 is 0.957 bits per heavy atom. The molecule has 2 aromatic heterocycles. The summed E-state index contributed by atoms with van der Waals surface area (Å²) >= 11 is 0. The molecule has 0 bridgehead atoms. The molecule has 0 aliphatic carbocycles. The molecule has 0 atom stereocenters. The van der Waals surface area contributed by atoms with Crippen LogP contribution in [0.1, 0.15) is 17.0 Å². The highest BCUT2D eigenvalue weighted by molar-refractivity contribution is 6.05. The van der Waals surface area contributed by atoms with Crippen molar-refractivity contribution in [3.8, 4) is 0 Å². The average Bonchev–Trinajstić information content (AvgIpc) is 3.22. The molecule has 0 radical (unpaired) electrons. The molecule has 4 nitrogen and oxygen atoms in total. The van der Waals surface area contributed by atoms with E-state index < -0.39 is 0 Å². The number of furan rings is 2. The van der Waals surface area contributed by atoms with Crippen molar-refractivity contribution >= 4 is 33.4 Å². The van der Waals surface area contributed by atoms with Gasteiger partial charge in [0, 0.05) is 35.5 Å². The molecule has 2 aromatic carbocycles. The number of para-hydroxylation sites is 1. The van der Waals surface area contributed by atoms with Gasteiger partial charge in [0.1, 0.15) is 11.2 Å². The van der Waals surface area contributed by atoms with Crippen LogP contribution in [0.3, 0.4) is 0 Å². The predicted octanol–water partition coefficient (Wildman–Crippen LogP) is 4.86. The summed E-state index contributed by atoms with van der Waals surface area (Å²) in [6.07, 6.45) is 1.89. The van der Waals surface area contributed by atoms with Crippen LogP contribution in [0.2, 0.25) is 0 Å². The number of nitrogens with one attached hydrogen (secondary N) is 1. The standard InChI is InChI=1S/C19H15NO3/c21-16(18-6-3-11-22-18)9-10-20-13-7-8-15-14-4-1-2-5-17(14)23-19(15)12-13/h1-8,11-12,20H,9-10H2. The van der Waals surface area contributed by atoms with Gasteiger partial charge in [-0.1, -0.05) is 18.2 Å². The van der Waals surface area contributed by atoms with Gasteiger partial charge < -0.3 is 14.2 Å². The Kier molecular flexibility index (Phi) is 3.35. The van der Waals surface area contributed by atoms with Crippen LogP contribution in [0.4, 0.5) is 5.69 Å². The molecule has 114 valence electrons. The SMILES string of the molecule is O=C(CCNc1ccc2c(c1)oc1ccccc12)c1ccco1. The Labute approximate surface area is 132 Å². The maximum absolute atomic E-state index is 11.9. The molecule has 4 aromatic rings. The van der Waals surface area contributed by atoms with Crippen molar-refractivity contribution in [2.24, 2.45) is 0 Å². The van der Waals surface area contributed by atoms with Gasteiger partial charge in [0.15, 0.2) is 11.5 Å². The molecule has 0 spiro atoms. The number of fused-ring (bicyclic) bond motifs is 3. The highest BCUT2D eigenvalue weighted by Crippen LogP contribution is 2.30. The first kappa shape index (κ1) is 13.6. The van der Waals surface area contributed by atoms with Crippen LogP contribution in [0.5, 0.6) is 0 Å². The number of hydrogen-bond acceptors (Lipinski definition) is 4. The minimum absolute atomic E-state index is 0.00712.